The molecule has 4 aromatic rings. The van der Waals surface area contributed by atoms with Crippen LogP contribution in [0.25, 0.3) is 0 Å². The van der Waals surface area contributed by atoms with Crippen LogP contribution in [0.2, 0.25) is 0 Å². The summed E-state index contributed by atoms with van der Waals surface area (Å²) >= 11 is 0. The molecule has 0 bridgehead atoms. The molecule has 2 unspecified atom stereocenters. The number of benzene rings is 4. The number of hydrogen-bond acceptors (Lipinski definition) is 4. The monoisotopic (exact) mass is 618 g/mol. The van der Waals surface area contributed by atoms with E-state index in [2.05, 4.69) is 52.2 Å². The van der Waals surface area contributed by atoms with Gasteiger partial charge in [-0.05, 0) is 111 Å². The van der Waals surface area contributed by atoms with Gasteiger partial charge in [0, 0.05) is 59.0 Å². The van der Waals surface area contributed by atoms with Crippen LogP contribution in [-0.2, 0) is 9.59 Å². The largest absolute Gasteiger partial charge is 0.356 e. The topological polar surface area (TPSA) is 64.7 Å². The van der Waals surface area contributed by atoms with Crippen molar-refractivity contribution in [3.05, 3.63) is 109 Å². The van der Waals surface area contributed by atoms with Crippen LogP contribution in [-0.4, -0.2) is 23.9 Å². The predicted molar refractivity (Wildman–Crippen MR) is 194 cm³/mol. The van der Waals surface area contributed by atoms with E-state index in [4.69, 9.17) is 0 Å². The van der Waals surface area contributed by atoms with Gasteiger partial charge in [0.05, 0.1) is 0 Å². The van der Waals surface area contributed by atoms with Crippen molar-refractivity contribution in [1.29, 1.82) is 0 Å². The SMILES string of the molecule is CC(C)CC(C)N(C(=O)CCC(=O)N(c1ccc(Nc2ccccc2)cc1)C(C)CC(C)C)c1ccc(Nc2ccccc2)cc1. The standard InChI is InChI=1S/C40H50N4O2/c1-29(2)27-31(5)43(37-21-17-35(18-22-37)41-33-13-9-7-10-14-33)39(45)25-26-40(46)44(32(6)28-30(3)4)38-23-19-36(20-24-38)42-34-15-11-8-12-16-34/h7-24,29-32,41-42H,25-28H2,1-6H3. The van der Waals surface area contributed by atoms with Crippen molar-refractivity contribution in [2.75, 3.05) is 20.4 Å². The van der Waals surface area contributed by atoms with Crippen LogP contribution < -0.4 is 20.4 Å². The van der Waals surface area contributed by atoms with Gasteiger partial charge in [-0.2, -0.15) is 0 Å². The second-order valence-corrected chi connectivity index (χ2v) is 13.1. The van der Waals surface area contributed by atoms with Gasteiger partial charge in [-0.25, -0.2) is 0 Å². The molecule has 0 saturated heterocycles. The van der Waals surface area contributed by atoms with Crippen LogP contribution in [0.4, 0.5) is 34.1 Å². The third kappa shape index (κ3) is 9.96. The Morgan fingerprint density at radius 2 is 0.783 bits per heavy atom. The highest BCUT2D eigenvalue weighted by Gasteiger charge is 2.27. The number of hydrogen-bond donors (Lipinski definition) is 2. The number of para-hydroxylation sites is 2. The van der Waals surface area contributed by atoms with Crippen LogP contribution in [0, 0.1) is 11.8 Å². The number of carbonyl (C=O) groups excluding carboxylic acids is 2. The highest BCUT2D eigenvalue weighted by Crippen LogP contribution is 2.28. The summed E-state index contributed by atoms with van der Waals surface area (Å²) in [5.41, 5.74) is 5.61. The zero-order valence-electron chi connectivity index (χ0n) is 28.2. The smallest absolute Gasteiger partial charge is 0.227 e. The van der Waals surface area contributed by atoms with E-state index in [0.29, 0.717) is 11.8 Å². The first-order valence-corrected chi connectivity index (χ1v) is 16.6. The molecule has 0 radical (unpaired) electrons. The fraction of sp³-hybridized carbons (Fsp3) is 0.350. The maximum atomic E-state index is 13.9. The average molecular weight is 619 g/mol. The number of amides is 2. The zero-order chi connectivity index (χ0) is 33.1. The first kappa shape index (κ1) is 34.3. The van der Waals surface area contributed by atoms with E-state index in [0.717, 1.165) is 47.0 Å². The van der Waals surface area contributed by atoms with E-state index >= 15 is 0 Å². The Morgan fingerprint density at radius 3 is 1.09 bits per heavy atom. The molecule has 0 saturated carbocycles. The second-order valence-electron chi connectivity index (χ2n) is 13.1. The minimum Gasteiger partial charge on any atom is -0.356 e. The number of carbonyl (C=O) groups is 2. The van der Waals surface area contributed by atoms with Gasteiger partial charge < -0.3 is 20.4 Å². The Labute approximate surface area is 275 Å². The lowest BCUT2D eigenvalue weighted by Crippen LogP contribution is -2.42. The maximum absolute atomic E-state index is 13.9. The van der Waals surface area contributed by atoms with Gasteiger partial charge in [0.1, 0.15) is 0 Å². The normalized spacial score (nSPS) is 12.4. The minimum absolute atomic E-state index is 0.00355. The predicted octanol–water partition coefficient (Wildman–Crippen LogP) is 10.2. The Kier molecular flexibility index (Phi) is 12.4. The van der Waals surface area contributed by atoms with Gasteiger partial charge in [0.2, 0.25) is 11.8 Å². The zero-order valence-corrected chi connectivity index (χ0v) is 28.2. The van der Waals surface area contributed by atoms with Gasteiger partial charge in [0.25, 0.3) is 0 Å². The Balaban J connectivity index is 1.49. The fourth-order valence-electron chi connectivity index (χ4n) is 6.11. The van der Waals surface area contributed by atoms with Gasteiger partial charge in [-0.3, -0.25) is 9.59 Å². The van der Waals surface area contributed by atoms with Gasteiger partial charge in [-0.1, -0.05) is 64.1 Å². The van der Waals surface area contributed by atoms with E-state index in [9.17, 15) is 9.59 Å². The molecule has 0 aromatic heterocycles. The van der Waals surface area contributed by atoms with Crippen molar-refractivity contribution < 1.29 is 9.59 Å². The van der Waals surface area contributed by atoms with E-state index in [-0.39, 0.29) is 36.7 Å². The lowest BCUT2D eigenvalue weighted by molar-refractivity contribution is -0.124. The Hall–Kier alpha value is -4.58. The average Bonchev–Trinajstić information content (AvgIpc) is 3.02. The number of nitrogens with one attached hydrogen (secondary N) is 2. The third-order valence-corrected chi connectivity index (χ3v) is 8.01. The molecule has 46 heavy (non-hydrogen) atoms. The molecule has 6 nitrogen and oxygen atoms in total. The van der Waals surface area contributed by atoms with E-state index in [1.165, 1.54) is 0 Å². The number of nitrogens with zero attached hydrogens (tertiary/aromatic N) is 2. The van der Waals surface area contributed by atoms with Crippen molar-refractivity contribution in [1.82, 2.24) is 0 Å². The van der Waals surface area contributed by atoms with Crippen LogP contribution in [0.1, 0.15) is 67.2 Å². The van der Waals surface area contributed by atoms with Crippen molar-refractivity contribution >= 4 is 45.9 Å². The fourth-order valence-corrected chi connectivity index (χ4v) is 6.11. The Morgan fingerprint density at radius 1 is 0.478 bits per heavy atom. The molecule has 2 N–H and O–H groups in total. The highest BCUT2D eigenvalue weighted by molar-refractivity contribution is 6.00. The summed E-state index contributed by atoms with van der Waals surface area (Å²) in [6.45, 7) is 12.9. The summed E-state index contributed by atoms with van der Waals surface area (Å²) in [5, 5.41) is 6.82. The molecule has 2 atom stereocenters. The first-order chi connectivity index (χ1) is 22.1. The van der Waals surface area contributed by atoms with Gasteiger partial charge >= 0.3 is 0 Å². The molecule has 0 aliphatic carbocycles. The van der Waals surface area contributed by atoms with Crippen LogP contribution >= 0.6 is 0 Å². The lowest BCUT2D eigenvalue weighted by Gasteiger charge is -2.33. The molecule has 2 amide bonds. The quantitative estimate of drug-likeness (QED) is 0.139. The van der Waals surface area contributed by atoms with Crippen molar-refractivity contribution in [3.63, 3.8) is 0 Å². The molecule has 6 heteroatoms. The summed E-state index contributed by atoms with van der Waals surface area (Å²) in [6, 6.07) is 36.0. The minimum atomic E-state index is -0.0378. The van der Waals surface area contributed by atoms with Gasteiger partial charge in [-0.15, -0.1) is 0 Å². The van der Waals surface area contributed by atoms with E-state index in [1.54, 1.807) is 0 Å². The first-order valence-electron chi connectivity index (χ1n) is 16.6. The van der Waals surface area contributed by atoms with Crippen molar-refractivity contribution in [2.45, 2.75) is 79.3 Å². The summed E-state index contributed by atoms with van der Waals surface area (Å²) in [5.74, 6) is 0.781. The summed E-state index contributed by atoms with van der Waals surface area (Å²) < 4.78 is 0. The highest BCUT2D eigenvalue weighted by atomic mass is 16.2. The van der Waals surface area contributed by atoms with Crippen molar-refractivity contribution in [2.24, 2.45) is 11.8 Å². The molecule has 242 valence electrons. The Bertz CT molecular complexity index is 1390. The molecule has 0 aliphatic rings. The molecule has 0 fully saturated rings. The molecular weight excluding hydrogens is 568 g/mol. The molecule has 0 aliphatic heterocycles. The van der Waals surface area contributed by atoms with Crippen LogP contribution in [0.3, 0.4) is 0 Å². The van der Waals surface area contributed by atoms with E-state index < -0.39 is 0 Å². The molecule has 0 spiro atoms. The van der Waals surface area contributed by atoms with Crippen molar-refractivity contribution in [3.8, 4) is 0 Å². The summed E-state index contributed by atoms with van der Waals surface area (Å²) in [6.07, 6.45) is 2.02. The molecule has 4 rings (SSSR count). The third-order valence-electron chi connectivity index (χ3n) is 8.01. The van der Waals surface area contributed by atoms with Crippen LogP contribution in [0.15, 0.2) is 109 Å². The lowest BCUT2D eigenvalue weighted by atomic mass is 10.0. The number of rotatable bonds is 15. The summed E-state index contributed by atoms with van der Waals surface area (Å²) in [4.78, 5) is 31.6. The number of anilines is 6. The maximum Gasteiger partial charge on any atom is 0.227 e. The van der Waals surface area contributed by atoms with Crippen LogP contribution in [0.5, 0.6) is 0 Å². The molecule has 4 aromatic carbocycles. The molecule has 0 heterocycles. The summed E-state index contributed by atoms with van der Waals surface area (Å²) in [7, 11) is 0. The molecular formula is C40H50N4O2. The second kappa shape index (κ2) is 16.6. The van der Waals surface area contributed by atoms with E-state index in [1.807, 2.05) is 119 Å². The van der Waals surface area contributed by atoms with Gasteiger partial charge in [0.15, 0.2) is 0 Å².